The van der Waals surface area contributed by atoms with Crippen LogP contribution in [0.5, 0.6) is 0 Å². The van der Waals surface area contributed by atoms with E-state index in [1.807, 2.05) is 0 Å². The molecule has 0 aromatic heterocycles. The molecule has 0 heteroatoms. The van der Waals surface area contributed by atoms with Gasteiger partial charge in [-0.25, -0.2) is 0 Å². The van der Waals surface area contributed by atoms with Crippen molar-refractivity contribution in [2.75, 3.05) is 0 Å². The van der Waals surface area contributed by atoms with Gasteiger partial charge >= 0.3 is 0 Å². The Kier molecular flexibility index (Phi) is 20.9. The highest BCUT2D eigenvalue weighted by atomic mass is 14.5. The molecule has 0 heterocycles. The minimum absolute atomic E-state index is 0.151. The van der Waals surface area contributed by atoms with Crippen molar-refractivity contribution in [1.29, 1.82) is 0 Å². The molecule has 0 fully saturated rings. The summed E-state index contributed by atoms with van der Waals surface area (Å²) < 4.78 is 0. The van der Waals surface area contributed by atoms with Gasteiger partial charge in [0.2, 0.25) is 0 Å². The molecule has 0 amide bonds. The largest absolute Gasteiger partial charge is 0.0725 e. The molecule has 119 heavy (non-hydrogen) atoms. The van der Waals surface area contributed by atoms with Crippen molar-refractivity contribution < 1.29 is 0 Å². The molecule has 0 saturated carbocycles. The summed E-state index contributed by atoms with van der Waals surface area (Å²) in [6.07, 6.45) is 0. The summed E-state index contributed by atoms with van der Waals surface area (Å²) in [5, 5.41) is 7.78. The van der Waals surface area contributed by atoms with E-state index in [0.29, 0.717) is 0 Å². The van der Waals surface area contributed by atoms with Crippen molar-refractivity contribution in [1.82, 2.24) is 0 Å². The highest BCUT2D eigenvalue weighted by Crippen LogP contribution is 2.63. The Morgan fingerprint density at radius 2 is 0.445 bits per heavy atom. The average Bonchev–Trinajstić information content (AvgIpc) is 1.51. The van der Waals surface area contributed by atoms with Gasteiger partial charge in [-0.2, -0.15) is 0 Å². The van der Waals surface area contributed by atoms with Crippen LogP contribution in [0.1, 0.15) is 103 Å². The van der Waals surface area contributed by atoms with E-state index in [1.165, 1.54) is 199 Å². The van der Waals surface area contributed by atoms with E-state index in [4.69, 9.17) is 0 Å². The summed E-state index contributed by atoms with van der Waals surface area (Å²) in [5.41, 5.74) is 40.3. The number of rotatable bonds is 5. The minimum atomic E-state index is -0.263. The smallest absolute Gasteiger partial charge is 0.0622 e. The van der Waals surface area contributed by atoms with E-state index in [9.17, 15) is 0 Å². The fourth-order valence-electron chi connectivity index (χ4n) is 19.1. The first-order valence-corrected chi connectivity index (χ1v) is 41.8. The molecule has 0 saturated heterocycles. The summed E-state index contributed by atoms with van der Waals surface area (Å²) in [6.45, 7) is 17.6. The predicted octanol–water partition coefficient (Wildman–Crippen LogP) is 31.4. The summed E-state index contributed by atoms with van der Waals surface area (Å²) in [4.78, 5) is 0. The van der Waals surface area contributed by atoms with Gasteiger partial charge in [-0.05, 0) is 231 Å². The second-order valence-corrected chi connectivity index (χ2v) is 33.0. The van der Waals surface area contributed by atoms with Crippen LogP contribution in [0.3, 0.4) is 0 Å². The third-order valence-corrected chi connectivity index (χ3v) is 24.9. The zero-order valence-corrected chi connectivity index (χ0v) is 69.1. The van der Waals surface area contributed by atoms with E-state index in [2.05, 4.69) is 492 Å². The molecule has 1 spiro atoms. The molecule has 0 nitrogen and oxygen atoms in total. The van der Waals surface area contributed by atoms with Crippen molar-refractivity contribution >= 4 is 32.3 Å². The van der Waals surface area contributed by atoms with Crippen LogP contribution in [0.2, 0.25) is 0 Å². The van der Waals surface area contributed by atoms with Crippen molar-refractivity contribution in [2.24, 2.45) is 0 Å². The Balaban J connectivity index is 0.0000000995. The summed E-state index contributed by atoms with van der Waals surface area (Å²) in [5.74, 6) is 0. The lowest BCUT2D eigenvalue weighted by atomic mass is 9.67. The maximum Gasteiger partial charge on any atom is 0.0725 e. The first-order valence-electron chi connectivity index (χ1n) is 41.8. The van der Waals surface area contributed by atoms with Crippen LogP contribution in [0.15, 0.2) is 437 Å². The van der Waals surface area contributed by atoms with E-state index in [0.717, 1.165) is 0 Å². The van der Waals surface area contributed by atoms with Gasteiger partial charge < -0.3 is 0 Å². The monoisotopic (exact) mass is 1520 g/mol. The molecule has 0 bridgehead atoms. The molecular weight excluding hydrogens is 1430 g/mol. The molecule has 4 aliphatic rings. The number of hydrogen-bond donors (Lipinski definition) is 0. The Hall–Kier alpha value is -14.0. The second kappa shape index (κ2) is 32.6. The average molecular weight is 1530 g/mol. The number of aryl methyl sites for hydroxylation is 6. The third-order valence-electron chi connectivity index (χ3n) is 24.9. The van der Waals surface area contributed by atoms with Crippen LogP contribution in [0.25, 0.3) is 110 Å². The lowest BCUT2D eigenvalue weighted by Crippen LogP contribution is -2.28. The standard InChI is InChI=1S/C26H18.C26H20.3C17H14.C16H16/c1-17-14-15-21-20-10-4-7-13-24(20)26(25(21)16-17)22-11-5-2-8-18(22)19-9-3-6-12-23(19)26;1-19-16-17-23-22-14-8-9-15-24(22)26(25(23)18-19,20-10-4-2-5-11-20)21-12-6-3-7-13-21;1-13-6-2-5-9-17(13)16-11-10-14-7-3-4-8-15(14)12-16;1-13-5-4-8-15(11-13)17-10-9-14-6-2-3-7-16(14)12-17;1-13-6-8-15(9-7-13)17-11-10-14-4-2-3-5-16(14)12-17;1-11-8-9-13-12-6-4-5-7-14(12)16(2,3)15(13)10-11/h2-16H,1H3;2-18H,1H3;3*2-12H,1H3;4-10H,1-3H3. The zero-order chi connectivity index (χ0) is 81.2. The fraction of sp³-hybridized carbons (Fsp3) is 0.0924. The first-order chi connectivity index (χ1) is 58.2. The second-order valence-electron chi connectivity index (χ2n) is 33.0. The van der Waals surface area contributed by atoms with Crippen LogP contribution < -0.4 is 0 Å². The molecule has 0 aliphatic heterocycles. The molecule has 0 radical (unpaired) electrons. The van der Waals surface area contributed by atoms with Crippen molar-refractivity contribution in [3.05, 3.63) is 526 Å². The minimum Gasteiger partial charge on any atom is -0.0622 e. The van der Waals surface area contributed by atoms with Gasteiger partial charge in [0.15, 0.2) is 0 Å². The van der Waals surface area contributed by atoms with Crippen LogP contribution >= 0.6 is 0 Å². The lowest BCUT2D eigenvalue weighted by molar-refractivity contribution is 0.660. The number of hydrogen-bond acceptors (Lipinski definition) is 0. The van der Waals surface area contributed by atoms with Gasteiger partial charge in [0, 0.05) is 5.41 Å². The molecule has 0 N–H and O–H groups in total. The Labute approximate surface area is 702 Å². The van der Waals surface area contributed by atoms with E-state index < -0.39 is 0 Å². The molecule has 4 aliphatic carbocycles. The van der Waals surface area contributed by atoms with Gasteiger partial charge in [-0.15, -0.1) is 0 Å². The van der Waals surface area contributed by atoms with Gasteiger partial charge in [-0.1, -0.05) is 460 Å². The van der Waals surface area contributed by atoms with E-state index in [-0.39, 0.29) is 16.2 Å². The predicted molar refractivity (Wildman–Crippen MR) is 507 cm³/mol. The van der Waals surface area contributed by atoms with Gasteiger partial charge in [-0.3, -0.25) is 0 Å². The number of fused-ring (bicyclic) bond motifs is 19. The van der Waals surface area contributed by atoms with Gasteiger partial charge in [0.25, 0.3) is 0 Å². The van der Waals surface area contributed by atoms with Crippen LogP contribution in [0, 0.1) is 41.5 Å². The summed E-state index contributed by atoms with van der Waals surface area (Å²) in [7, 11) is 0. The molecule has 572 valence electrons. The van der Waals surface area contributed by atoms with E-state index >= 15 is 0 Å². The highest BCUT2D eigenvalue weighted by Gasteiger charge is 2.52. The molecule has 19 aromatic rings. The molecular formula is C119H96. The Bertz CT molecular complexity index is 6740. The van der Waals surface area contributed by atoms with Gasteiger partial charge in [0.05, 0.1) is 10.8 Å². The molecule has 19 aromatic carbocycles. The van der Waals surface area contributed by atoms with Crippen molar-refractivity contribution in [3.63, 3.8) is 0 Å². The quantitative estimate of drug-likeness (QED) is 0.161. The Morgan fingerprint density at radius 3 is 0.891 bits per heavy atom. The third kappa shape index (κ3) is 14.3. The van der Waals surface area contributed by atoms with Crippen LogP contribution in [-0.4, -0.2) is 0 Å². The van der Waals surface area contributed by atoms with Crippen LogP contribution in [0.4, 0.5) is 0 Å². The maximum absolute atomic E-state index is 2.40. The maximum atomic E-state index is 2.40. The molecule has 23 rings (SSSR count). The first kappa shape index (κ1) is 76.3. The SMILES string of the molecule is Cc1ccc(-c2ccc3ccccc3c2)cc1.Cc1ccc2c(c1)C(C)(C)c1ccccc1-2.Cc1ccc2c(c1)C(c1ccccc1)(c1ccccc1)c1ccccc1-2.Cc1ccc2c(c1)C1(c3ccccc3-c3ccccc31)c1ccccc1-2.Cc1cccc(-c2ccc3ccccc3c2)c1.Cc1ccccc1-c1ccc2ccccc2c1. The van der Waals surface area contributed by atoms with Crippen molar-refractivity contribution in [3.8, 4) is 77.9 Å². The topological polar surface area (TPSA) is 0 Å². The highest BCUT2D eigenvalue weighted by molar-refractivity contribution is 5.96. The van der Waals surface area contributed by atoms with E-state index in [1.54, 1.807) is 0 Å². The molecule has 0 atom stereocenters. The zero-order valence-electron chi connectivity index (χ0n) is 69.1. The summed E-state index contributed by atoms with van der Waals surface area (Å²) >= 11 is 0. The van der Waals surface area contributed by atoms with Gasteiger partial charge in [0.1, 0.15) is 0 Å². The van der Waals surface area contributed by atoms with Crippen molar-refractivity contribution in [2.45, 2.75) is 71.6 Å². The molecule has 0 unspecified atom stereocenters. The lowest BCUT2D eigenvalue weighted by Gasteiger charge is -2.34. The fourth-order valence-corrected chi connectivity index (χ4v) is 19.1. The summed E-state index contributed by atoms with van der Waals surface area (Å²) in [6, 6.07) is 158. The Morgan fingerprint density at radius 1 is 0.151 bits per heavy atom. The van der Waals surface area contributed by atoms with Crippen LogP contribution in [-0.2, 0) is 16.2 Å². The number of benzene rings is 19. The normalized spacial score (nSPS) is 12.9.